The summed E-state index contributed by atoms with van der Waals surface area (Å²) >= 11 is 9.36. The number of methoxy groups -OCH3 is 1. The second kappa shape index (κ2) is 8.57. The Morgan fingerprint density at radius 3 is 2.16 bits per heavy atom. The van der Waals surface area contributed by atoms with Crippen LogP contribution in [0.4, 0.5) is 5.69 Å². The van der Waals surface area contributed by atoms with Gasteiger partial charge in [0.05, 0.1) is 18.7 Å². The Balaban J connectivity index is 1.91. The van der Waals surface area contributed by atoms with E-state index in [1.54, 1.807) is 55.6 Å². The number of anilines is 1. The molecule has 0 bridgehead atoms. The van der Waals surface area contributed by atoms with Gasteiger partial charge in [0.25, 0.3) is 11.7 Å². The quantitative estimate of drug-likeness (QED) is 0.283. The molecule has 1 aliphatic heterocycles. The number of hydrogen-bond donors (Lipinski definition) is 1. The zero-order valence-corrected chi connectivity index (χ0v) is 18.7. The Labute approximate surface area is 192 Å². The van der Waals surface area contributed by atoms with Gasteiger partial charge >= 0.3 is 0 Å². The standard InChI is InChI=1S/C24H17BrClNO4/c1-31-19-12-10-18(11-13-19)27-21(14-2-6-16(25)7-3-14)20(23(29)24(27)30)22(28)15-4-8-17(26)9-5-15/h2-13,21,28H,1H3/b22-20+. The predicted octanol–water partition coefficient (Wildman–Crippen LogP) is 5.74. The average molecular weight is 499 g/mol. The van der Waals surface area contributed by atoms with Crippen molar-refractivity contribution in [2.75, 3.05) is 12.0 Å². The van der Waals surface area contributed by atoms with Crippen molar-refractivity contribution in [1.82, 2.24) is 0 Å². The monoisotopic (exact) mass is 497 g/mol. The van der Waals surface area contributed by atoms with E-state index in [1.807, 2.05) is 24.3 Å². The van der Waals surface area contributed by atoms with E-state index in [4.69, 9.17) is 16.3 Å². The molecule has 1 saturated heterocycles. The number of rotatable bonds is 4. The van der Waals surface area contributed by atoms with E-state index in [0.29, 0.717) is 27.6 Å². The van der Waals surface area contributed by atoms with Crippen LogP contribution in [0.15, 0.2) is 82.8 Å². The zero-order chi connectivity index (χ0) is 22.1. The lowest BCUT2D eigenvalue weighted by Gasteiger charge is -2.25. The third-order valence-electron chi connectivity index (χ3n) is 5.10. The normalized spacial score (nSPS) is 17.8. The van der Waals surface area contributed by atoms with Gasteiger partial charge in [-0.25, -0.2) is 0 Å². The predicted molar refractivity (Wildman–Crippen MR) is 123 cm³/mol. The fraction of sp³-hybridized carbons (Fsp3) is 0.0833. The van der Waals surface area contributed by atoms with Gasteiger partial charge in [0.15, 0.2) is 0 Å². The van der Waals surface area contributed by atoms with Gasteiger partial charge in [-0.3, -0.25) is 14.5 Å². The summed E-state index contributed by atoms with van der Waals surface area (Å²) in [5.41, 5.74) is 1.63. The molecule has 0 radical (unpaired) electrons. The highest BCUT2D eigenvalue weighted by Gasteiger charge is 2.46. The van der Waals surface area contributed by atoms with Crippen molar-refractivity contribution in [3.8, 4) is 5.75 Å². The highest BCUT2D eigenvalue weighted by Crippen LogP contribution is 2.42. The molecule has 3 aromatic rings. The van der Waals surface area contributed by atoms with Gasteiger partial charge in [-0.2, -0.15) is 0 Å². The number of benzene rings is 3. The molecule has 31 heavy (non-hydrogen) atoms. The summed E-state index contributed by atoms with van der Waals surface area (Å²) in [6.45, 7) is 0. The van der Waals surface area contributed by atoms with Gasteiger partial charge in [0, 0.05) is 20.7 Å². The van der Waals surface area contributed by atoms with Crippen LogP contribution in [0.2, 0.25) is 5.02 Å². The maximum absolute atomic E-state index is 13.1. The highest BCUT2D eigenvalue weighted by atomic mass is 79.9. The van der Waals surface area contributed by atoms with Crippen LogP contribution < -0.4 is 9.64 Å². The summed E-state index contributed by atoms with van der Waals surface area (Å²) in [5.74, 6) is -1.09. The molecule has 3 aromatic carbocycles. The van der Waals surface area contributed by atoms with Crippen LogP contribution in [-0.4, -0.2) is 23.9 Å². The van der Waals surface area contributed by atoms with E-state index in [9.17, 15) is 14.7 Å². The molecule has 1 heterocycles. The van der Waals surface area contributed by atoms with Crippen LogP contribution in [0, 0.1) is 0 Å². The highest BCUT2D eigenvalue weighted by molar-refractivity contribution is 9.10. The molecule has 156 valence electrons. The second-order valence-corrected chi connectivity index (χ2v) is 8.28. The zero-order valence-electron chi connectivity index (χ0n) is 16.4. The number of aliphatic hydroxyl groups is 1. The Morgan fingerprint density at radius 2 is 1.58 bits per heavy atom. The number of carbonyl (C=O) groups excluding carboxylic acids is 2. The maximum atomic E-state index is 13.1. The summed E-state index contributed by atoms with van der Waals surface area (Å²) in [6, 6.07) is 19.8. The molecule has 0 spiro atoms. The van der Waals surface area contributed by atoms with Gasteiger partial charge in [-0.05, 0) is 66.2 Å². The van der Waals surface area contributed by atoms with Gasteiger partial charge in [-0.1, -0.05) is 39.7 Å². The van der Waals surface area contributed by atoms with Crippen molar-refractivity contribution in [3.63, 3.8) is 0 Å². The lowest BCUT2D eigenvalue weighted by atomic mass is 9.95. The molecule has 1 aliphatic rings. The number of aliphatic hydroxyl groups excluding tert-OH is 1. The molecule has 0 saturated carbocycles. The molecule has 1 atom stereocenters. The summed E-state index contributed by atoms with van der Waals surface area (Å²) in [6.07, 6.45) is 0. The first-order chi connectivity index (χ1) is 14.9. The molecule has 5 nitrogen and oxygen atoms in total. The fourth-order valence-corrected chi connectivity index (χ4v) is 3.96. The van der Waals surface area contributed by atoms with Crippen LogP contribution in [-0.2, 0) is 9.59 Å². The van der Waals surface area contributed by atoms with E-state index in [2.05, 4.69) is 15.9 Å². The Kier molecular flexibility index (Phi) is 5.85. The van der Waals surface area contributed by atoms with E-state index < -0.39 is 17.7 Å². The van der Waals surface area contributed by atoms with Crippen molar-refractivity contribution in [2.24, 2.45) is 0 Å². The molecule has 1 amide bonds. The smallest absolute Gasteiger partial charge is 0.300 e. The molecule has 1 unspecified atom stereocenters. The minimum absolute atomic E-state index is 0.0189. The molecule has 1 fully saturated rings. The van der Waals surface area contributed by atoms with Crippen molar-refractivity contribution in [2.45, 2.75) is 6.04 Å². The topological polar surface area (TPSA) is 66.8 Å². The van der Waals surface area contributed by atoms with Gasteiger partial charge in [0.1, 0.15) is 11.5 Å². The third-order valence-corrected chi connectivity index (χ3v) is 5.88. The minimum Gasteiger partial charge on any atom is -0.507 e. The first-order valence-corrected chi connectivity index (χ1v) is 10.5. The van der Waals surface area contributed by atoms with E-state index in [0.717, 1.165) is 4.47 Å². The molecule has 0 aliphatic carbocycles. The second-order valence-electron chi connectivity index (χ2n) is 6.93. The average Bonchev–Trinajstić information content (AvgIpc) is 3.05. The third kappa shape index (κ3) is 3.96. The summed E-state index contributed by atoms with van der Waals surface area (Å²) in [7, 11) is 1.55. The number of nitrogens with zero attached hydrogens (tertiary/aromatic N) is 1. The molecular weight excluding hydrogens is 482 g/mol. The number of Topliss-reactive ketones (excluding diaryl/α,β-unsaturated/α-hetero) is 1. The van der Waals surface area contributed by atoms with E-state index in [-0.39, 0.29) is 11.3 Å². The van der Waals surface area contributed by atoms with Crippen LogP contribution in [0.25, 0.3) is 5.76 Å². The summed E-state index contributed by atoms with van der Waals surface area (Å²) < 4.78 is 6.05. The van der Waals surface area contributed by atoms with Gasteiger partial charge < -0.3 is 9.84 Å². The van der Waals surface area contributed by atoms with Gasteiger partial charge in [0.2, 0.25) is 0 Å². The Morgan fingerprint density at radius 1 is 0.968 bits per heavy atom. The van der Waals surface area contributed by atoms with Crippen LogP contribution in [0.5, 0.6) is 5.75 Å². The molecule has 1 N–H and O–H groups in total. The summed E-state index contributed by atoms with van der Waals surface area (Å²) in [4.78, 5) is 27.6. The summed E-state index contributed by atoms with van der Waals surface area (Å²) in [5, 5.41) is 11.5. The Hall–Kier alpha value is -3.09. The van der Waals surface area contributed by atoms with Gasteiger partial charge in [-0.15, -0.1) is 0 Å². The number of ether oxygens (including phenoxy) is 1. The SMILES string of the molecule is COc1ccc(N2C(=O)C(=O)/C(=C(/O)c3ccc(Cl)cc3)C2c2ccc(Br)cc2)cc1. The van der Waals surface area contributed by atoms with Crippen LogP contribution in [0.3, 0.4) is 0 Å². The van der Waals surface area contributed by atoms with Crippen molar-refractivity contribution in [1.29, 1.82) is 0 Å². The first kappa shape index (κ1) is 21.2. The Bertz CT molecular complexity index is 1170. The molecular formula is C24H17BrClNO4. The number of hydrogen-bond acceptors (Lipinski definition) is 4. The fourth-order valence-electron chi connectivity index (χ4n) is 3.57. The van der Waals surface area contributed by atoms with Crippen molar-refractivity contribution >= 4 is 50.7 Å². The number of carbonyl (C=O) groups is 2. The molecule has 4 rings (SSSR count). The lowest BCUT2D eigenvalue weighted by molar-refractivity contribution is -0.132. The lowest BCUT2D eigenvalue weighted by Crippen LogP contribution is -2.29. The molecule has 7 heteroatoms. The van der Waals surface area contributed by atoms with E-state index in [1.165, 1.54) is 4.90 Å². The van der Waals surface area contributed by atoms with Crippen LogP contribution in [0.1, 0.15) is 17.2 Å². The number of halogens is 2. The minimum atomic E-state index is -0.794. The number of ketones is 1. The number of amides is 1. The first-order valence-electron chi connectivity index (χ1n) is 9.37. The van der Waals surface area contributed by atoms with Crippen molar-refractivity contribution < 1.29 is 19.4 Å². The van der Waals surface area contributed by atoms with E-state index >= 15 is 0 Å². The van der Waals surface area contributed by atoms with Crippen LogP contribution >= 0.6 is 27.5 Å². The van der Waals surface area contributed by atoms with Crippen molar-refractivity contribution in [3.05, 3.63) is 99.0 Å². The largest absolute Gasteiger partial charge is 0.507 e. The molecule has 0 aromatic heterocycles. The maximum Gasteiger partial charge on any atom is 0.300 e.